The van der Waals surface area contributed by atoms with E-state index in [2.05, 4.69) is 0 Å². The molecule has 0 amide bonds. The van der Waals surface area contributed by atoms with Crippen LogP contribution < -0.4 is 9.47 Å². The fourth-order valence-electron chi connectivity index (χ4n) is 1.12. The van der Waals surface area contributed by atoms with Crippen LogP contribution in [0, 0.1) is 0 Å². The van der Waals surface area contributed by atoms with Gasteiger partial charge in [0.15, 0.2) is 11.5 Å². The average molecular weight is 245 g/mol. The minimum Gasteiger partial charge on any atom is -0.493 e. The number of aliphatic carboxylic acids is 1. The number of methoxy groups -OCH3 is 2. The third-order valence-electron chi connectivity index (χ3n) is 1.83. The Hall–Kier alpha value is -1.68. The maximum Gasteiger partial charge on any atom is 0.328 e. The third kappa shape index (κ3) is 3.82. The fraction of sp³-hybridized carbons (Fsp3) is 0.182. The first-order chi connectivity index (χ1) is 7.17. The van der Waals surface area contributed by atoms with E-state index in [0.29, 0.717) is 11.5 Å². The summed E-state index contributed by atoms with van der Waals surface area (Å²) in [6.07, 6.45) is 2.56. The number of carbonyl (C=O) groups is 1. The first-order valence-electron chi connectivity index (χ1n) is 4.30. The first kappa shape index (κ1) is 14.3. The minimum absolute atomic E-state index is 0. The molecule has 16 heavy (non-hydrogen) atoms. The number of ether oxygens (including phenoxy) is 2. The summed E-state index contributed by atoms with van der Waals surface area (Å²) in [5, 5.41) is 8.46. The summed E-state index contributed by atoms with van der Waals surface area (Å²) in [6.45, 7) is 0. The van der Waals surface area contributed by atoms with Gasteiger partial charge in [-0.1, -0.05) is 6.07 Å². The molecule has 88 valence electrons. The monoisotopic (exact) mass is 244 g/mol. The summed E-state index contributed by atoms with van der Waals surface area (Å²) < 4.78 is 10.1. The summed E-state index contributed by atoms with van der Waals surface area (Å²) in [7, 11) is 3.08. The van der Waals surface area contributed by atoms with Gasteiger partial charge < -0.3 is 14.6 Å². The molecule has 1 aromatic rings. The molecule has 0 saturated heterocycles. The number of halogens is 1. The third-order valence-corrected chi connectivity index (χ3v) is 1.83. The van der Waals surface area contributed by atoms with Gasteiger partial charge in [0.2, 0.25) is 0 Å². The molecule has 0 aromatic heterocycles. The summed E-state index contributed by atoms with van der Waals surface area (Å²) in [5.41, 5.74) is 0.745. The molecular weight excluding hydrogens is 232 g/mol. The Morgan fingerprint density at radius 3 is 2.38 bits per heavy atom. The molecule has 0 saturated carbocycles. The van der Waals surface area contributed by atoms with Crippen LogP contribution in [0.4, 0.5) is 0 Å². The van der Waals surface area contributed by atoms with E-state index < -0.39 is 5.97 Å². The molecule has 0 atom stereocenters. The van der Waals surface area contributed by atoms with E-state index in [0.717, 1.165) is 11.6 Å². The summed E-state index contributed by atoms with van der Waals surface area (Å²) in [6, 6.07) is 5.18. The number of hydrogen-bond acceptors (Lipinski definition) is 3. The first-order valence-corrected chi connectivity index (χ1v) is 4.30. The van der Waals surface area contributed by atoms with E-state index in [4.69, 9.17) is 14.6 Å². The van der Waals surface area contributed by atoms with Crippen molar-refractivity contribution < 1.29 is 19.4 Å². The van der Waals surface area contributed by atoms with Gasteiger partial charge in [0, 0.05) is 6.08 Å². The lowest BCUT2D eigenvalue weighted by molar-refractivity contribution is -0.131. The summed E-state index contributed by atoms with van der Waals surface area (Å²) in [5.74, 6) is 0.208. The van der Waals surface area contributed by atoms with E-state index in [-0.39, 0.29) is 12.4 Å². The lowest BCUT2D eigenvalue weighted by Crippen LogP contribution is -1.91. The van der Waals surface area contributed by atoms with Gasteiger partial charge in [0.05, 0.1) is 14.2 Å². The van der Waals surface area contributed by atoms with Crippen molar-refractivity contribution in [3.63, 3.8) is 0 Å². The van der Waals surface area contributed by atoms with Crippen molar-refractivity contribution in [3.8, 4) is 11.5 Å². The minimum atomic E-state index is -0.982. The topological polar surface area (TPSA) is 55.8 Å². The van der Waals surface area contributed by atoms with Gasteiger partial charge in [0.25, 0.3) is 0 Å². The second kappa shape index (κ2) is 6.74. The highest BCUT2D eigenvalue weighted by Crippen LogP contribution is 2.27. The number of rotatable bonds is 4. The van der Waals surface area contributed by atoms with E-state index in [9.17, 15) is 4.79 Å². The van der Waals surface area contributed by atoms with Crippen LogP contribution in [-0.2, 0) is 4.79 Å². The predicted octanol–water partition coefficient (Wildman–Crippen LogP) is 2.22. The lowest BCUT2D eigenvalue weighted by atomic mass is 10.2. The molecule has 0 aliphatic carbocycles. The molecule has 0 radical (unpaired) electrons. The Morgan fingerprint density at radius 1 is 1.25 bits per heavy atom. The van der Waals surface area contributed by atoms with Crippen molar-refractivity contribution in [1.29, 1.82) is 0 Å². The van der Waals surface area contributed by atoms with Gasteiger partial charge >= 0.3 is 5.97 Å². The van der Waals surface area contributed by atoms with Gasteiger partial charge in [-0.05, 0) is 23.8 Å². The predicted molar refractivity (Wildman–Crippen MR) is 63.5 cm³/mol. The Bertz CT molecular complexity index is 388. The molecule has 1 rings (SSSR count). The van der Waals surface area contributed by atoms with Gasteiger partial charge in [0.1, 0.15) is 0 Å². The van der Waals surface area contributed by atoms with Crippen LogP contribution >= 0.6 is 12.4 Å². The van der Waals surface area contributed by atoms with Crippen molar-refractivity contribution in [3.05, 3.63) is 29.8 Å². The molecule has 4 nitrogen and oxygen atoms in total. The van der Waals surface area contributed by atoms with Gasteiger partial charge in [-0.25, -0.2) is 4.79 Å². The largest absolute Gasteiger partial charge is 0.493 e. The van der Waals surface area contributed by atoms with Crippen molar-refractivity contribution in [1.82, 2.24) is 0 Å². The molecule has 1 N–H and O–H groups in total. The van der Waals surface area contributed by atoms with E-state index in [1.165, 1.54) is 13.2 Å². The van der Waals surface area contributed by atoms with Crippen LogP contribution in [0.15, 0.2) is 24.3 Å². The van der Waals surface area contributed by atoms with Crippen molar-refractivity contribution in [2.75, 3.05) is 14.2 Å². The zero-order valence-corrected chi connectivity index (χ0v) is 9.78. The van der Waals surface area contributed by atoms with Crippen LogP contribution in [0.1, 0.15) is 5.56 Å². The van der Waals surface area contributed by atoms with Gasteiger partial charge in [-0.15, -0.1) is 12.4 Å². The van der Waals surface area contributed by atoms with Crippen molar-refractivity contribution in [2.45, 2.75) is 0 Å². The number of benzene rings is 1. The quantitative estimate of drug-likeness (QED) is 0.826. The zero-order chi connectivity index (χ0) is 11.3. The molecule has 1 aromatic carbocycles. The molecule has 0 aliphatic heterocycles. The van der Waals surface area contributed by atoms with Crippen LogP contribution in [0.5, 0.6) is 11.5 Å². The van der Waals surface area contributed by atoms with Crippen LogP contribution in [0.2, 0.25) is 0 Å². The number of hydrogen-bond donors (Lipinski definition) is 1. The van der Waals surface area contributed by atoms with Crippen LogP contribution in [0.3, 0.4) is 0 Å². The normalized spacial score (nSPS) is 9.62. The Morgan fingerprint density at radius 2 is 1.88 bits per heavy atom. The average Bonchev–Trinajstić information content (AvgIpc) is 2.25. The fourth-order valence-corrected chi connectivity index (χ4v) is 1.12. The molecule has 0 aliphatic rings. The van der Waals surface area contributed by atoms with Gasteiger partial charge in [-0.2, -0.15) is 0 Å². The second-order valence-electron chi connectivity index (χ2n) is 2.79. The van der Waals surface area contributed by atoms with Crippen LogP contribution in [0.25, 0.3) is 6.08 Å². The van der Waals surface area contributed by atoms with E-state index >= 15 is 0 Å². The van der Waals surface area contributed by atoms with E-state index in [1.54, 1.807) is 25.3 Å². The molecule has 0 heterocycles. The van der Waals surface area contributed by atoms with Crippen molar-refractivity contribution >= 4 is 24.5 Å². The highest BCUT2D eigenvalue weighted by Gasteiger charge is 2.02. The molecular formula is C11H13ClO4. The highest BCUT2D eigenvalue weighted by atomic mass is 35.5. The maximum atomic E-state index is 10.3. The SMILES string of the molecule is COc1ccc(/C=C/C(=O)O)cc1OC.Cl. The molecule has 0 unspecified atom stereocenters. The lowest BCUT2D eigenvalue weighted by Gasteiger charge is -2.07. The number of carboxylic acid groups (broad SMARTS) is 1. The Balaban J connectivity index is 0.00000225. The second-order valence-corrected chi connectivity index (χ2v) is 2.79. The van der Waals surface area contributed by atoms with Gasteiger partial charge in [-0.3, -0.25) is 0 Å². The van der Waals surface area contributed by atoms with E-state index in [1.807, 2.05) is 0 Å². The summed E-state index contributed by atoms with van der Waals surface area (Å²) >= 11 is 0. The van der Waals surface area contributed by atoms with Crippen LogP contribution in [-0.4, -0.2) is 25.3 Å². The molecule has 0 bridgehead atoms. The maximum absolute atomic E-state index is 10.3. The standard InChI is InChI=1S/C11H12O4.ClH/c1-14-9-5-3-8(4-6-11(12)13)7-10(9)15-2;/h3-7H,1-2H3,(H,12,13);1H/b6-4+;. The summed E-state index contributed by atoms with van der Waals surface area (Å²) in [4.78, 5) is 10.3. The smallest absolute Gasteiger partial charge is 0.328 e. The molecule has 0 fully saturated rings. The Kier molecular flexibility index (Phi) is 6.03. The number of carboxylic acids is 1. The highest BCUT2D eigenvalue weighted by molar-refractivity contribution is 5.85. The van der Waals surface area contributed by atoms with Crippen molar-refractivity contribution in [2.24, 2.45) is 0 Å². The molecule has 5 heteroatoms. The zero-order valence-electron chi connectivity index (χ0n) is 8.97. The molecule has 0 spiro atoms. The Labute approximate surface area is 99.9 Å².